The Balaban J connectivity index is 1.76. The molecule has 1 aromatic heterocycles. The van der Waals surface area contributed by atoms with E-state index in [1.165, 1.54) is 40.0 Å². The lowest BCUT2D eigenvalue weighted by atomic mass is 9.83. The monoisotopic (exact) mass is 462 g/mol. The van der Waals surface area contributed by atoms with Crippen molar-refractivity contribution in [3.63, 3.8) is 0 Å². The average Bonchev–Trinajstić information content (AvgIpc) is 3.24. The van der Waals surface area contributed by atoms with E-state index in [0.717, 1.165) is 5.56 Å². The Morgan fingerprint density at radius 1 is 1.21 bits per heavy atom. The zero-order chi connectivity index (χ0) is 24.2. The number of carboxylic acid groups (broad SMARTS) is 1. The number of hydrogen-bond donors (Lipinski definition) is 3. The molecule has 34 heavy (non-hydrogen) atoms. The molecule has 2 heterocycles. The molecule has 2 amide bonds. The second kappa shape index (κ2) is 9.62. The number of hydrogen-bond acceptors (Lipinski definition) is 5. The molecular weight excluding hydrogens is 439 g/mol. The summed E-state index contributed by atoms with van der Waals surface area (Å²) in [4.78, 5) is 25.6. The van der Waals surface area contributed by atoms with Crippen molar-refractivity contribution in [2.75, 3.05) is 11.9 Å². The fraction of sp³-hybridized carbons (Fsp3) is 0.250. The van der Waals surface area contributed by atoms with E-state index in [4.69, 9.17) is 5.73 Å². The SMILES string of the molecule is N#C[C@@H]1CCN(C(=O)O)C(Cc2ccccc2)[C@H]1n1cc(C(N)=O)c(Nc2ccc(F)cc2)n1. The lowest BCUT2D eigenvalue weighted by Gasteiger charge is -2.42. The highest BCUT2D eigenvalue weighted by Crippen LogP contribution is 2.36. The van der Waals surface area contributed by atoms with Crippen molar-refractivity contribution in [3.8, 4) is 6.07 Å². The van der Waals surface area contributed by atoms with E-state index in [-0.39, 0.29) is 17.9 Å². The summed E-state index contributed by atoms with van der Waals surface area (Å²) < 4.78 is 14.7. The first kappa shape index (κ1) is 22.8. The van der Waals surface area contributed by atoms with Crippen molar-refractivity contribution >= 4 is 23.5 Å². The summed E-state index contributed by atoms with van der Waals surface area (Å²) >= 11 is 0. The van der Waals surface area contributed by atoms with Crippen LogP contribution in [0.1, 0.15) is 28.4 Å². The second-order valence-electron chi connectivity index (χ2n) is 8.12. The second-order valence-corrected chi connectivity index (χ2v) is 8.12. The van der Waals surface area contributed by atoms with Gasteiger partial charge in [-0.2, -0.15) is 10.4 Å². The molecular formula is C24H23FN6O3. The quantitative estimate of drug-likeness (QED) is 0.512. The largest absolute Gasteiger partial charge is 0.465 e. The lowest BCUT2D eigenvalue weighted by Crippen LogP contribution is -2.52. The lowest BCUT2D eigenvalue weighted by molar-refractivity contribution is 0.0616. The summed E-state index contributed by atoms with van der Waals surface area (Å²) in [5.41, 5.74) is 7.05. The van der Waals surface area contributed by atoms with Crippen LogP contribution < -0.4 is 11.1 Å². The minimum absolute atomic E-state index is 0.0759. The van der Waals surface area contributed by atoms with Crippen LogP contribution in [0.3, 0.4) is 0 Å². The number of aromatic nitrogens is 2. The van der Waals surface area contributed by atoms with Crippen molar-refractivity contribution in [3.05, 3.63) is 77.7 Å². The standard InChI is InChI=1S/C24H23FN6O3/c25-17-6-8-18(9-7-17)28-23-19(22(27)32)14-31(29-23)21-16(13-26)10-11-30(24(33)34)20(21)12-15-4-2-1-3-5-15/h1-9,14,16,20-21H,10-12H2,(H2,27,32)(H,28,29)(H,33,34)/t16-,20?,21-/m0/s1. The van der Waals surface area contributed by atoms with E-state index >= 15 is 0 Å². The third kappa shape index (κ3) is 4.68. The summed E-state index contributed by atoms with van der Waals surface area (Å²) in [6.45, 7) is 0.214. The zero-order valence-corrected chi connectivity index (χ0v) is 18.1. The molecule has 1 unspecified atom stereocenters. The van der Waals surface area contributed by atoms with E-state index in [0.29, 0.717) is 18.5 Å². The first-order valence-electron chi connectivity index (χ1n) is 10.7. The van der Waals surface area contributed by atoms with Gasteiger partial charge < -0.3 is 21.1 Å². The number of halogens is 1. The first-order valence-corrected chi connectivity index (χ1v) is 10.7. The van der Waals surface area contributed by atoms with Gasteiger partial charge >= 0.3 is 6.09 Å². The minimum atomic E-state index is -1.09. The highest BCUT2D eigenvalue weighted by molar-refractivity contribution is 5.98. The normalized spacial score (nSPS) is 19.9. The predicted molar refractivity (Wildman–Crippen MR) is 122 cm³/mol. The number of piperidine rings is 1. The predicted octanol–water partition coefficient (Wildman–Crippen LogP) is 3.54. The van der Waals surface area contributed by atoms with Crippen molar-refractivity contribution < 1.29 is 19.1 Å². The third-order valence-corrected chi connectivity index (χ3v) is 6.00. The fourth-order valence-electron chi connectivity index (χ4n) is 4.38. The smallest absolute Gasteiger partial charge is 0.407 e. The van der Waals surface area contributed by atoms with E-state index in [9.17, 15) is 24.3 Å². The molecule has 3 aromatic rings. The molecule has 4 rings (SSSR count). The van der Waals surface area contributed by atoms with Gasteiger partial charge in [-0.05, 0) is 42.7 Å². The molecule has 0 spiro atoms. The van der Waals surface area contributed by atoms with Crippen LogP contribution in [-0.4, -0.2) is 44.4 Å². The zero-order valence-electron chi connectivity index (χ0n) is 18.1. The number of nitrogens with one attached hydrogen (secondary N) is 1. The number of nitriles is 1. The molecule has 1 saturated heterocycles. The van der Waals surface area contributed by atoms with Gasteiger partial charge in [0.2, 0.25) is 0 Å². The van der Waals surface area contributed by atoms with Gasteiger partial charge in [-0.15, -0.1) is 0 Å². The molecule has 9 nitrogen and oxygen atoms in total. The van der Waals surface area contributed by atoms with Gasteiger partial charge in [-0.25, -0.2) is 9.18 Å². The molecule has 4 N–H and O–H groups in total. The maximum absolute atomic E-state index is 13.3. The number of carbonyl (C=O) groups excluding carboxylic acids is 1. The van der Waals surface area contributed by atoms with Crippen LogP contribution in [0.4, 0.5) is 20.7 Å². The number of primary amides is 1. The number of amides is 2. The molecule has 0 radical (unpaired) electrons. The van der Waals surface area contributed by atoms with Crippen LogP contribution in [0.2, 0.25) is 0 Å². The number of nitrogens with two attached hydrogens (primary N) is 1. The van der Waals surface area contributed by atoms with E-state index in [1.54, 1.807) is 0 Å². The van der Waals surface area contributed by atoms with Gasteiger partial charge in [0.25, 0.3) is 5.91 Å². The fourth-order valence-corrected chi connectivity index (χ4v) is 4.38. The van der Waals surface area contributed by atoms with E-state index < -0.39 is 35.8 Å². The number of rotatable bonds is 6. The maximum atomic E-state index is 13.3. The van der Waals surface area contributed by atoms with Gasteiger partial charge in [0, 0.05) is 18.4 Å². The molecule has 0 saturated carbocycles. The van der Waals surface area contributed by atoms with Crippen molar-refractivity contribution in [2.45, 2.75) is 24.9 Å². The highest BCUT2D eigenvalue weighted by Gasteiger charge is 2.42. The van der Waals surface area contributed by atoms with Crippen LogP contribution in [0.25, 0.3) is 0 Å². The number of carbonyl (C=O) groups is 2. The Hall–Kier alpha value is -4.39. The van der Waals surface area contributed by atoms with Crippen LogP contribution >= 0.6 is 0 Å². The van der Waals surface area contributed by atoms with Gasteiger partial charge in [-0.1, -0.05) is 30.3 Å². The Bertz CT molecular complexity index is 1220. The Morgan fingerprint density at radius 2 is 1.91 bits per heavy atom. The number of benzene rings is 2. The van der Waals surface area contributed by atoms with Crippen LogP contribution in [-0.2, 0) is 6.42 Å². The summed E-state index contributed by atoms with van der Waals surface area (Å²) in [7, 11) is 0. The summed E-state index contributed by atoms with van der Waals surface area (Å²) in [6, 6.07) is 15.9. The van der Waals surface area contributed by atoms with Crippen molar-refractivity contribution in [2.24, 2.45) is 11.7 Å². The molecule has 10 heteroatoms. The summed E-state index contributed by atoms with van der Waals surface area (Å²) in [6.07, 6.45) is 1.04. The highest BCUT2D eigenvalue weighted by atomic mass is 19.1. The molecule has 1 fully saturated rings. The Morgan fingerprint density at radius 3 is 2.53 bits per heavy atom. The van der Waals surface area contributed by atoms with Crippen molar-refractivity contribution in [1.82, 2.24) is 14.7 Å². The van der Waals surface area contributed by atoms with E-state index in [1.807, 2.05) is 30.3 Å². The molecule has 174 valence electrons. The van der Waals surface area contributed by atoms with Crippen LogP contribution in [0.15, 0.2) is 60.8 Å². The Labute approximate surface area is 195 Å². The number of likely N-dealkylation sites (tertiary alicyclic amines) is 1. The molecule has 2 aromatic carbocycles. The van der Waals surface area contributed by atoms with E-state index in [2.05, 4.69) is 16.5 Å². The third-order valence-electron chi connectivity index (χ3n) is 6.00. The van der Waals surface area contributed by atoms with Crippen molar-refractivity contribution in [1.29, 1.82) is 5.26 Å². The maximum Gasteiger partial charge on any atom is 0.407 e. The molecule has 3 atom stereocenters. The molecule has 1 aliphatic heterocycles. The number of anilines is 2. The van der Waals surface area contributed by atoms with Crippen LogP contribution in [0.5, 0.6) is 0 Å². The van der Waals surface area contributed by atoms with Gasteiger partial charge in [-0.3, -0.25) is 9.48 Å². The Kier molecular flexibility index (Phi) is 6.45. The minimum Gasteiger partial charge on any atom is -0.465 e. The average molecular weight is 462 g/mol. The summed E-state index contributed by atoms with van der Waals surface area (Å²) in [5.74, 6) is -1.55. The van der Waals surface area contributed by atoms with Gasteiger partial charge in [0.05, 0.1) is 24.1 Å². The number of nitrogens with zero attached hydrogens (tertiary/aromatic N) is 4. The van der Waals surface area contributed by atoms with Gasteiger partial charge in [0.1, 0.15) is 11.4 Å². The van der Waals surface area contributed by atoms with Crippen LogP contribution in [0, 0.1) is 23.1 Å². The summed E-state index contributed by atoms with van der Waals surface area (Å²) in [5, 5.41) is 27.2. The van der Waals surface area contributed by atoms with Gasteiger partial charge in [0.15, 0.2) is 5.82 Å². The molecule has 0 bridgehead atoms. The topological polar surface area (TPSA) is 137 Å². The molecule has 0 aliphatic carbocycles. The molecule has 1 aliphatic rings. The first-order chi connectivity index (χ1) is 16.4.